The van der Waals surface area contributed by atoms with E-state index in [2.05, 4.69) is 6.92 Å². The molecule has 0 bridgehead atoms. The van der Waals surface area contributed by atoms with Gasteiger partial charge in [-0.1, -0.05) is 90.4 Å². The Bertz CT molecular complexity index is 503. The number of esters is 1. The molecule has 33 heavy (non-hydrogen) atoms. The number of hydrogen-bond donors (Lipinski definition) is 1. The monoisotopic (exact) mass is 493 g/mol. The summed E-state index contributed by atoms with van der Waals surface area (Å²) in [6.07, 6.45) is 17.7. The molecule has 0 rings (SSSR count). The Hall–Kier alpha value is -0.460. The number of hydrogen-bond acceptors (Lipinski definition) is 6. The van der Waals surface area contributed by atoms with Gasteiger partial charge in [-0.15, -0.1) is 0 Å². The maximum Gasteiger partial charge on any atom is 0.329 e. The highest BCUT2D eigenvalue weighted by Gasteiger charge is 2.23. The first kappa shape index (κ1) is 32.5. The van der Waals surface area contributed by atoms with Gasteiger partial charge in [0, 0.05) is 20.1 Å². The smallest absolute Gasteiger partial charge is 0.329 e. The molecule has 1 N–H and O–H groups in total. The lowest BCUT2D eigenvalue weighted by Crippen LogP contribution is -2.28. The summed E-state index contributed by atoms with van der Waals surface area (Å²) in [6, 6.07) is 0. The van der Waals surface area contributed by atoms with Crippen molar-refractivity contribution in [1.82, 2.24) is 4.90 Å². The summed E-state index contributed by atoms with van der Waals surface area (Å²) in [6.45, 7) is 4.64. The molecule has 0 aromatic carbocycles. The summed E-state index contributed by atoms with van der Waals surface area (Å²) < 4.78 is 28.0. The Morgan fingerprint density at radius 3 is 1.79 bits per heavy atom. The third-order valence-electron chi connectivity index (χ3n) is 5.57. The molecular formula is C25H52NO6P. The Labute approximate surface area is 203 Å². The summed E-state index contributed by atoms with van der Waals surface area (Å²) in [7, 11) is -0.0560. The van der Waals surface area contributed by atoms with Crippen molar-refractivity contribution >= 4 is 13.6 Å². The SMILES string of the molecule is CCCCCCCCCCCCCCCCOCC(COP(=O)(O)CCN(C)C)OC(C)=O. The van der Waals surface area contributed by atoms with Crippen LogP contribution in [-0.4, -0.2) is 68.5 Å². The number of carbonyl (C=O) groups is 1. The molecule has 0 spiro atoms. The average Bonchev–Trinajstić information content (AvgIpc) is 2.75. The minimum atomic E-state index is -3.71. The molecule has 0 aliphatic rings. The second-order valence-corrected chi connectivity index (χ2v) is 11.3. The fraction of sp³-hybridized carbons (Fsp3) is 0.960. The largest absolute Gasteiger partial charge is 0.458 e. The van der Waals surface area contributed by atoms with Crippen LogP contribution in [0, 0.1) is 0 Å². The summed E-state index contributed by atoms with van der Waals surface area (Å²) in [5, 5.41) is 0. The van der Waals surface area contributed by atoms with E-state index >= 15 is 0 Å². The molecule has 198 valence electrons. The van der Waals surface area contributed by atoms with Crippen LogP contribution < -0.4 is 0 Å². The lowest BCUT2D eigenvalue weighted by molar-refractivity contribution is -0.151. The first-order chi connectivity index (χ1) is 15.8. The maximum absolute atomic E-state index is 12.1. The van der Waals surface area contributed by atoms with Crippen molar-refractivity contribution in [2.45, 2.75) is 110 Å². The first-order valence-corrected chi connectivity index (χ1v) is 14.9. The van der Waals surface area contributed by atoms with Gasteiger partial charge in [-0.25, -0.2) is 0 Å². The van der Waals surface area contributed by atoms with Gasteiger partial charge in [0.05, 0.1) is 19.4 Å². The number of nitrogens with zero attached hydrogens (tertiary/aromatic N) is 1. The third kappa shape index (κ3) is 24.5. The predicted octanol–water partition coefficient (Wildman–Crippen LogP) is 6.18. The van der Waals surface area contributed by atoms with Gasteiger partial charge in [0.15, 0.2) is 0 Å². The first-order valence-electron chi connectivity index (χ1n) is 13.1. The molecule has 0 fully saturated rings. The van der Waals surface area contributed by atoms with Crippen molar-refractivity contribution in [3.63, 3.8) is 0 Å². The van der Waals surface area contributed by atoms with E-state index in [0.717, 1.165) is 12.8 Å². The molecule has 0 aliphatic carbocycles. The molecule has 0 amide bonds. The summed E-state index contributed by atoms with van der Waals surface area (Å²) in [4.78, 5) is 23.0. The molecule has 0 aromatic heterocycles. The summed E-state index contributed by atoms with van der Waals surface area (Å²) in [5.74, 6) is -0.454. The van der Waals surface area contributed by atoms with E-state index in [1.165, 1.54) is 84.0 Å². The lowest BCUT2D eigenvalue weighted by Gasteiger charge is -2.20. The van der Waals surface area contributed by atoms with Gasteiger partial charge in [-0.3, -0.25) is 9.36 Å². The van der Waals surface area contributed by atoms with Gasteiger partial charge in [0.2, 0.25) is 0 Å². The number of rotatable bonds is 24. The minimum Gasteiger partial charge on any atom is -0.458 e. The van der Waals surface area contributed by atoms with Crippen LogP contribution in [0.5, 0.6) is 0 Å². The molecule has 0 saturated carbocycles. The second kappa shape index (κ2) is 22.0. The van der Waals surface area contributed by atoms with Gasteiger partial charge < -0.3 is 23.8 Å². The normalized spacial score (nSPS) is 14.4. The van der Waals surface area contributed by atoms with Crippen LogP contribution in [0.3, 0.4) is 0 Å². The third-order valence-corrected chi connectivity index (χ3v) is 6.89. The quantitative estimate of drug-likeness (QED) is 0.0976. The van der Waals surface area contributed by atoms with Crippen molar-refractivity contribution in [3.8, 4) is 0 Å². The van der Waals surface area contributed by atoms with Crippen molar-refractivity contribution in [1.29, 1.82) is 0 Å². The molecule has 2 unspecified atom stereocenters. The van der Waals surface area contributed by atoms with Crippen LogP contribution in [0.25, 0.3) is 0 Å². The van der Waals surface area contributed by atoms with E-state index in [1.807, 2.05) is 19.0 Å². The van der Waals surface area contributed by atoms with Gasteiger partial charge in [-0.05, 0) is 20.5 Å². The molecule has 0 aromatic rings. The van der Waals surface area contributed by atoms with Crippen LogP contribution in [0.4, 0.5) is 0 Å². The van der Waals surface area contributed by atoms with E-state index in [-0.39, 0.29) is 19.4 Å². The van der Waals surface area contributed by atoms with E-state index < -0.39 is 19.7 Å². The minimum absolute atomic E-state index is 0.0344. The highest BCUT2D eigenvalue weighted by Crippen LogP contribution is 2.41. The number of unbranched alkanes of at least 4 members (excludes halogenated alkanes) is 13. The molecule has 0 radical (unpaired) electrons. The zero-order valence-electron chi connectivity index (χ0n) is 21.9. The van der Waals surface area contributed by atoms with Gasteiger partial charge in [-0.2, -0.15) is 0 Å². The predicted molar refractivity (Wildman–Crippen MR) is 136 cm³/mol. The fourth-order valence-corrected chi connectivity index (χ4v) is 4.74. The van der Waals surface area contributed by atoms with Crippen molar-refractivity contribution in [3.05, 3.63) is 0 Å². The molecular weight excluding hydrogens is 441 g/mol. The van der Waals surface area contributed by atoms with Crippen LogP contribution in [0.2, 0.25) is 0 Å². The van der Waals surface area contributed by atoms with Gasteiger partial charge >= 0.3 is 13.6 Å². The molecule has 2 atom stereocenters. The molecule has 0 heterocycles. The molecule has 8 heteroatoms. The van der Waals surface area contributed by atoms with Gasteiger partial charge in [0.1, 0.15) is 6.10 Å². The zero-order valence-corrected chi connectivity index (χ0v) is 22.8. The van der Waals surface area contributed by atoms with E-state index in [1.54, 1.807) is 0 Å². The van der Waals surface area contributed by atoms with Crippen LogP contribution in [-0.2, 0) is 23.4 Å². The summed E-state index contributed by atoms with van der Waals surface area (Å²) >= 11 is 0. The molecule has 7 nitrogen and oxygen atoms in total. The Balaban J connectivity index is 3.69. The lowest BCUT2D eigenvalue weighted by atomic mass is 10.0. The van der Waals surface area contributed by atoms with E-state index in [4.69, 9.17) is 14.0 Å². The van der Waals surface area contributed by atoms with Crippen molar-refractivity contribution < 1.29 is 28.3 Å². The Kier molecular flexibility index (Phi) is 21.7. The van der Waals surface area contributed by atoms with Crippen LogP contribution in [0.1, 0.15) is 104 Å². The molecule has 0 saturated heterocycles. The Morgan fingerprint density at radius 1 is 0.848 bits per heavy atom. The maximum atomic E-state index is 12.1. The Morgan fingerprint density at radius 2 is 1.33 bits per heavy atom. The van der Waals surface area contributed by atoms with E-state index in [0.29, 0.717) is 13.2 Å². The summed E-state index contributed by atoms with van der Waals surface area (Å²) in [5.41, 5.74) is 0. The van der Waals surface area contributed by atoms with Gasteiger partial charge in [0.25, 0.3) is 0 Å². The number of ether oxygens (including phenoxy) is 2. The van der Waals surface area contributed by atoms with Crippen molar-refractivity contribution in [2.75, 3.05) is 46.6 Å². The highest BCUT2D eigenvalue weighted by molar-refractivity contribution is 7.52. The van der Waals surface area contributed by atoms with E-state index in [9.17, 15) is 14.3 Å². The molecule has 0 aliphatic heterocycles. The topological polar surface area (TPSA) is 85.3 Å². The van der Waals surface area contributed by atoms with Crippen LogP contribution >= 0.6 is 7.60 Å². The standard InChI is InChI=1S/C25H52NO6P/c1-5-6-7-8-9-10-11-12-13-14-15-16-17-18-20-30-22-25(32-24(2)27)23-31-33(28,29)21-19-26(3)4/h25H,5-23H2,1-4H3,(H,28,29). The average molecular weight is 494 g/mol. The highest BCUT2D eigenvalue weighted by atomic mass is 31.2. The number of carbonyl (C=O) groups excluding carboxylic acids is 1. The zero-order chi connectivity index (χ0) is 24.8. The fourth-order valence-electron chi connectivity index (χ4n) is 3.55. The van der Waals surface area contributed by atoms with Crippen LogP contribution in [0.15, 0.2) is 0 Å². The second-order valence-electron chi connectivity index (χ2n) is 9.36. The van der Waals surface area contributed by atoms with Crippen molar-refractivity contribution in [2.24, 2.45) is 0 Å².